The minimum atomic E-state index is -0.807. The highest BCUT2D eigenvalue weighted by Gasteiger charge is 2.33. The number of halogens is 1. The molecule has 0 unspecified atom stereocenters. The van der Waals surface area contributed by atoms with Crippen molar-refractivity contribution in [3.63, 3.8) is 0 Å². The van der Waals surface area contributed by atoms with E-state index in [1.165, 1.54) is 11.5 Å². The molecule has 2 aliphatic rings. The van der Waals surface area contributed by atoms with Crippen molar-refractivity contribution in [3.8, 4) is 5.82 Å². The van der Waals surface area contributed by atoms with Gasteiger partial charge in [-0.25, -0.2) is 19.0 Å². The molecule has 1 amide bonds. The van der Waals surface area contributed by atoms with Crippen LogP contribution >= 0.6 is 11.5 Å². The smallest absolute Gasteiger partial charge is 0.262 e. The number of amides is 1. The van der Waals surface area contributed by atoms with Gasteiger partial charge in [-0.15, -0.1) is 0 Å². The predicted molar refractivity (Wildman–Crippen MR) is 93.5 cm³/mol. The van der Waals surface area contributed by atoms with E-state index in [0.717, 1.165) is 5.00 Å². The topological polar surface area (TPSA) is 80.0 Å². The Kier molecular flexibility index (Phi) is 3.45. The van der Waals surface area contributed by atoms with Crippen LogP contribution in [0.4, 0.5) is 15.2 Å². The average molecular weight is 371 g/mol. The molecule has 0 saturated carbocycles. The van der Waals surface area contributed by atoms with Gasteiger partial charge in [-0.1, -0.05) is 0 Å². The Bertz CT molecular complexity index is 956. The number of hydrogen-bond donors (Lipinski definition) is 0. The first-order valence-electron chi connectivity index (χ1n) is 8.21. The van der Waals surface area contributed by atoms with E-state index in [1.54, 1.807) is 34.4 Å². The van der Waals surface area contributed by atoms with Crippen LogP contribution in [0.2, 0.25) is 0 Å². The van der Waals surface area contributed by atoms with Crippen LogP contribution in [0.3, 0.4) is 0 Å². The zero-order chi connectivity index (χ0) is 17.7. The Hall–Kier alpha value is -2.88. The van der Waals surface area contributed by atoms with Crippen molar-refractivity contribution in [2.24, 2.45) is 0 Å². The maximum atomic E-state index is 13.3. The fourth-order valence-electron chi connectivity index (χ4n) is 3.24. The molecule has 3 aromatic heterocycles. The summed E-state index contributed by atoms with van der Waals surface area (Å²) in [4.78, 5) is 24.8. The molecule has 2 aliphatic heterocycles. The molecule has 1 saturated heterocycles. The molecule has 1 fully saturated rings. The molecule has 0 N–H and O–H groups in total. The highest BCUT2D eigenvalue weighted by Crippen LogP contribution is 2.30. The van der Waals surface area contributed by atoms with Crippen molar-refractivity contribution in [3.05, 3.63) is 42.1 Å². The molecule has 0 spiro atoms. The minimum Gasteiger partial charge on any atom is -0.352 e. The summed E-state index contributed by atoms with van der Waals surface area (Å²) in [5.41, 5.74) is 1.26. The van der Waals surface area contributed by atoms with Crippen molar-refractivity contribution in [2.45, 2.75) is 19.1 Å². The summed E-state index contributed by atoms with van der Waals surface area (Å²) < 4.78 is 18.9. The lowest BCUT2D eigenvalue weighted by Crippen LogP contribution is -2.23. The van der Waals surface area contributed by atoms with E-state index in [0.29, 0.717) is 48.9 Å². The average Bonchev–Trinajstić information content (AvgIpc) is 3.41. The molecule has 8 nitrogen and oxygen atoms in total. The van der Waals surface area contributed by atoms with Crippen molar-refractivity contribution < 1.29 is 9.18 Å². The largest absolute Gasteiger partial charge is 0.352 e. The van der Waals surface area contributed by atoms with Gasteiger partial charge in [0.25, 0.3) is 5.91 Å². The molecule has 0 aromatic carbocycles. The molecule has 0 aliphatic carbocycles. The van der Waals surface area contributed by atoms with Crippen LogP contribution in [0, 0.1) is 0 Å². The van der Waals surface area contributed by atoms with Gasteiger partial charge in [-0.3, -0.25) is 9.69 Å². The summed E-state index contributed by atoms with van der Waals surface area (Å²) in [6, 6.07) is 1.81. The molecule has 0 radical (unpaired) electrons. The second-order valence-electron chi connectivity index (χ2n) is 6.24. The summed E-state index contributed by atoms with van der Waals surface area (Å²) in [5, 5.41) is 5.28. The van der Waals surface area contributed by atoms with Gasteiger partial charge >= 0.3 is 0 Å². The number of anilines is 2. The van der Waals surface area contributed by atoms with Crippen LogP contribution in [0.25, 0.3) is 5.82 Å². The van der Waals surface area contributed by atoms with Crippen molar-refractivity contribution >= 4 is 28.3 Å². The molecule has 1 atom stereocenters. The van der Waals surface area contributed by atoms with E-state index in [4.69, 9.17) is 0 Å². The Morgan fingerprint density at radius 3 is 2.73 bits per heavy atom. The van der Waals surface area contributed by atoms with Gasteiger partial charge in [0.1, 0.15) is 17.0 Å². The number of fused-ring (bicyclic) bond motifs is 1. The van der Waals surface area contributed by atoms with Crippen molar-refractivity contribution in [2.75, 3.05) is 22.9 Å². The standard InChI is InChI=1S/C16H14FN7OS/c17-10-2-4-22(7-10)13-5-19-14(6-18-13)24-8-11-12(21-24)9-23(16(11)25)15-1-3-20-26-15/h1,3,5-6,8,10H,2,4,7,9H2/t10-/m0/s1. The van der Waals surface area contributed by atoms with Crippen LogP contribution < -0.4 is 9.80 Å². The lowest BCUT2D eigenvalue weighted by Gasteiger charge is -2.15. The number of rotatable bonds is 3. The van der Waals surface area contributed by atoms with Crippen LogP contribution in [0.15, 0.2) is 30.9 Å². The molecule has 0 bridgehead atoms. The lowest BCUT2D eigenvalue weighted by molar-refractivity contribution is 0.0997. The summed E-state index contributed by atoms with van der Waals surface area (Å²) in [6.07, 6.45) is 6.27. The Labute approximate surface area is 152 Å². The van der Waals surface area contributed by atoms with E-state index < -0.39 is 6.17 Å². The molecule has 132 valence electrons. The maximum Gasteiger partial charge on any atom is 0.262 e. The van der Waals surface area contributed by atoms with E-state index in [1.807, 2.05) is 11.0 Å². The van der Waals surface area contributed by atoms with Crippen LogP contribution in [0.5, 0.6) is 0 Å². The Balaban J connectivity index is 1.37. The number of aromatic nitrogens is 5. The zero-order valence-corrected chi connectivity index (χ0v) is 14.4. The van der Waals surface area contributed by atoms with E-state index in [2.05, 4.69) is 19.4 Å². The Morgan fingerprint density at radius 2 is 2.08 bits per heavy atom. The third-order valence-corrected chi connectivity index (χ3v) is 5.35. The third kappa shape index (κ3) is 2.45. The summed E-state index contributed by atoms with van der Waals surface area (Å²) in [7, 11) is 0. The second-order valence-corrected chi connectivity index (χ2v) is 7.05. The van der Waals surface area contributed by atoms with Crippen LogP contribution in [-0.4, -0.2) is 49.3 Å². The highest BCUT2D eigenvalue weighted by atomic mass is 32.1. The summed E-state index contributed by atoms with van der Waals surface area (Å²) in [5.74, 6) is 1.09. The van der Waals surface area contributed by atoms with Gasteiger partial charge in [-0.2, -0.15) is 9.47 Å². The fourth-order valence-corrected chi connectivity index (χ4v) is 3.83. The maximum absolute atomic E-state index is 13.3. The zero-order valence-electron chi connectivity index (χ0n) is 13.6. The monoisotopic (exact) mass is 371 g/mol. The predicted octanol–water partition coefficient (Wildman–Crippen LogP) is 1.83. The summed E-state index contributed by atoms with van der Waals surface area (Å²) in [6.45, 7) is 1.42. The number of carbonyl (C=O) groups is 1. The molecule has 5 rings (SSSR count). The molecule has 26 heavy (non-hydrogen) atoms. The van der Waals surface area contributed by atoms with Gasteiger partial charge < -0.3 is 4.90 Å². The number of alkyl halides is 1. The summed E-state index contributed by atoms with van der Waals surface area (Å²) >= 11 is 1.28. The Morgan fingerprint density at radius 1 is 1.23 bits per heavy atom. The molecule has 3 aromatic rings. The number of nitrogens with zero attached hydrogens (tertiary/aromatic N) is 7. The molecule has 5 heterocycles. The molecule has 10 heteroatoms. The molecular formula is C16H14FN7OS. The van der Waals surface area contributed by atoms with E-state index in [9.17, 15) is 9.18 Å². The van der Waals surface area contributed by atoms with Gasteiger partial charge in [0, 0.05) is 18.9 Å². The lowest BCUT2D eigenvalue weighted by atomic mass is 10.3. The van der Waals surface area contributed by atoms with E-state index in [-0.39, 0.29) is 5.91 Å². The van der Waals surface area contributed by atoms with Gasteiger partial charge in [-0.05, 0) is 24.0 Å². The minimum absolute atomic E-state index is 0.0915. The SMILES string of the molecule is O=C1c2cn(-c3cnc(N4CC[C@H](F)C4)cn3)nc2CN1c1ccns1. The van der Waals surface area contributed by atoms with E-state index >= 15 is 0 Å². The van der Waals surface area contributed by atoms with Gasteiger partial charge in [0.2, 0.25) is 0 Å². The molecular weight excluding hydrogens is 357 g/mol. The van der Waals surface area contributed by atoms with Gasteiger partial charge in [0.05, 0.1) is 36.7 Å². The fraction of sp³-hybridized carbons (Fsp3) is 0.312. The highest BCUT2D eigenvalue weighted by molar-refractivity contribution is 7.10. The number of hydrogen-bond acceptors (Lipinski definition) is 7. The van der Waals surface area contributed by atoms with Crippen molar-refractivity contribution in [1.82, 2.24) is 24.1 Å². The van der Waals surface area contributed by atoms with Crippen molar-refractivity contribution in [1.29, 1.82) is 0 Å². The first-order chi connectivity index (χ1) is 12.7. The quantitative estimate of drug-likeness (QED) is 0.699. The normalized spacial score (nSPS) is 19.4. The van der Waals surface area contributed by atoms with Gasteiger partial charge in [0.15, 0.2) is 5.82 Å². The first-order valence-corrected chi connectivity index (χ1v) is 8.99. The third-order valence-electron chi connectivity index (χ3n) is 4.58. The van der Waals surface area contributed by atoms with Crippen LogP contribution in [-0.2, 0) is 6.54 Å². The first kappa shape index (κ1) is 15.4. The number of carbonyl (C=O) groups excluding carboxylic acids is 1. The second kappa shape index (κ2) is 5.84. The van der Waals surface area contributed by atoms with Crippen LogP contribution in [0.1, 0.15) is 22.5 Å².